The van der Waals surface area contributed by atoms with Gasteiger partial charge in [-0.25, -0.2) is 0 Å². The molecular weight excluding hydrogens is 168 g/mol. The van der Waals surface area contributed by atoms with E-state index in [-0.39, 0.29) is 0 Å². The molecule has 0 fully saturated rings. The van der Waals surface area contributed by atoms with Gasteiger partial charge in [-0.1, -0.05) is 51.5 Å². The molecule has 0 amide bonds. The lowest BCUT2D eigenvalue weighted by Crippen LogP contribution is -1.94. The van der Waals surface area contributed by atoms with E-state index in [1.54, 1.807) is 0 Å². The molecule has 80 valence electrons. The normalized spacial score (nSPS) is 11.6. The van der Waals surface area contributed by atoms with Crippen molar-refractivity contribution in [2.24, 2.45) is 0 Å². The van der Waals surface area contributed by atoms with E-state index in [2.05, 4.69) is 45.9 Å². The van der Waals surface area contributed by atoms with Gasteiger partial charge in [0.25, 0.3) is 0 Å². The van der Waals surface area contributed by atoms with Gasteiger partial charge in [0.15, 0.2) is 0 Å². The van der Waals surface area contributed by atoms with Crippen molar-refractivity contribution in [1.82, 2.24) is 0 Å². The standard InChI is InChI=1S/C12H18.C2H6/c1-5-10(3)12-7-6-9(2)8-11(12)4;1-2/h6-8,10H,5H2,1-4H3;1-2H3. The van der Waals surface area contributed by atoms with Crippen molar-refractivity contribution in [3.63, 3.8) is 0 Å². The van der Waals surface area contributed by atoms with Crippen LogP contribution in [0, 0.1) is 13.8 Å². The summed E-state index contributed by atoms with van der Waals surface area (Å²) in [6.07, 6.45) is 1.23. The summed E-state index contributed by atoms with van der Waals surface area (Å²) in [7, 11) is 0. The van der Waals surface area contributed by atoms with Crippen LogP contribution in [0.3, 0.4) is 0 Å². The Morgan fingerprint density at radius 2 is 1.71 bits per heavy atom. The Kier molecular flexibility index (Phi) is 6.27. The molecule has 0 aliphatic heterocycles. The second kappa shape index (κ2) is 6.64. The van der Waals surface area contributed by atoms with Crippen molar-refractivity contribution in [3.05, 3.63) is 34.9 Å². The predicted molar refractivity (Wildman–Crippen MR) is 66.0 cm³/mol. The minimum atomic E-state index is 0.700. The summed E-state index contributed by atoms with van der Waals surface area (Å²) in [5, 5.41) is 0. The summed E-state index contributed by atoms with van der Waals surface area (Å²) >= 11 is 0. The van der Waals surface area contributed by atoms with Crippen LogP contribution in [0.5, 0.6) is 0 Å². The van der Waals surface area contributed by atoms with Crippen LogP contribution in [0.2, 0.25) is 0 Å². The molecule has 1 rings (SSSR count). The molecule has 0 aliphatic rings. The molecule has 0 radical (unpaired) electrons. The van der Waals surface area contributed by atoms with Crippen LogP contribution < -0.4 is 0 Å². The highest BCUT2D eigenvalue weighted by Crippen LogP contribution is 2.22. The number of benzene rings is 1. The van der Waals surface area contributed by atoms with E-state index in [0.29, 0.717) is 5.92 Å². The Hall–Kier alpha value is -0.780. The summed E-state index contributed by atoms with van der Waals surface area (Å²) < 4.78 is 0. The van der Waals surface area contributed by atoms with Crippen molar-refractivity contribution in [1.29, 1.82) is 0 Å². The van der Waals surface area contributed by atoms with Crippen LogP contribution >= 0.6 is 0 Å². The van der Waals surface area contributed by atoms with E-state index in [9.17, 15) is 0 Å². The quantitative estimate of drug-likeness (QED) is 0.628. The molecule has 1 atom stereocenters. The summed E-state index contributed by atoms with van der Waals surface area (Å²) in [5.74, 6) is 0.700. The Morgan fingerprint density at radius 3 is 2.14 bits per heavy atom. The van der Waals surface area contributed by atoms with Gasteiger partial charge in [-0.2, -0.15) is 0 Å². The van der Waals surface area contributed by atoms with Gasteiger partial charge in [-0.15, -0.1) is 0 Å². The molecule has 0 heteroatoms. The summed E-state index contributed by atoms with van der Waals surface area (Å²) in [5.41, 5.74) is 4.30. The smallest absolute Gasteiger partial charge is 0.0190 e. The highest BCUT2D eigenvalue weighted by atomic mass is 14.1. The maximum atomic E-state index is 2.29. The van der Waals surface area contributed by atoms with E-state index >= 15 is 0 Å². The molecule has 0 spiro atoms. The molecule has 0 nitrogen and oxygen atoms in total. The Morgan fingerprint density at radius 1 is 1.14 bits per heavy atom. The molecule has 14 heavy (non-hydrogen) atoms. The minimum absolute atomic E-state index is 0.700. The highest BCUT2D eigenvalue weighted by Gasteiger charge is 2.04. The third-order valence-corrected chi connectivity index (χ3v) is 2.57. The van der Waals surface area contributed by atoms with E-state index in [1.807, 2.05) is 13.8 Å². The molecule has 0 N–H and O–H groups in total. The Bertz CT molecular complexity index is 261. The van der Waals surface area contributed by atoms with Crippen LogP contribution in [-0.4, -0.2) is 0 Å². The number of hydrogen-bond donors (Lipinski definition) is 0. The fourth-order valence-corrected chi connectivity index (χ4v) is 1.60. The first-order chi connectivity index (χ1) is 6.65. The van der Waals surface area contributed by atoms with Crippen molar-refractivity contribution in [3.8, 4) is 0 Å². The molecule has 0 aromatic heterocycles. The van der Waals surface area contributed by atoms with Crippen molar-refractivity contribution in [2.75, 3.05) is 0 Å². The first kappa shape index (κ1) is 13.2. The molecule has 0 heterocycles. The van der Waals surface area contributed by atoms with E-state index in [0.717, 1.165) is 0 Å². The molecule has 1 unspecified atom stereocenters. The third-order valence-electron chi connectivity index (χ3n) is 2.57. The molecular formula is C14H24. The zero-order valence-electron chi connectivity index (χ0n) is 10.5. The molecule has 0 saturated heterocycles. The molecule has 1 aromatic carbocycles. The van der Waals surface area contributed by atoms with Gasteiger partial charge in [0.05, 0.1) is 0 Å². The Labute approximate surface area is 89.4 Å². The fourth-order valence-electron chi connectivity index (χ4n) is 1.60. The van der Waals surface area contributed by atoms with Gasteiger partial charge >= 0.3 is 0 Å². The van der Waals surface area contributed by atoms with Crippen LogP contribution in [-0.2, 0) is 0 Å². The molecule has 0 bridgehead atoms. The largest absolute Gasteiger partial charge is 0.0683 e. The first-order valence-electron chi connectivity index (χ1n) is 5.72. The van der Waals surface area contributed by atoms with Crippen LogP contribution in [0.1, 0.15) is 56.7 Å². The maximum Gasteiger partial charge on any atom is -0.0190 e. The van der Waals surface area contributed by atoms with Crippen LogP contribution in [0.4, 0.5) is 0 Å². The van der Waals surface area contributed by atoms with Gasteiger partial charge < -0.3 is 0 Å². The van der Waals surface area contributed by atoms with E-state index < -0.39 is 0 Å². The monoisotopic (exact) mass is 192 g/mol. The summed E-state index contributed by atoms with van der Waals surface area (Å²) in [6, 6.07) is 6.73. The van der Waals surface area contributed by atoms with Crippen molar-refractivity contribution < 1.29 is 0 Å². The third kappa shape index (κ3) is 3.53. The second-order valence-electron chi connectivity index (χ2n) is 3.67. The zero-order chi connectivity index (χ0) is 11.1. The van der Waals surface area contributed by atoms with E-state index in [1.165, 1.54) is 23.1 Å². The average Bonchev–Trinajstić information content (AvgIpc) is 2.20. The average molecular weight is 192 g/mol. The van der Waals surface area contributed by atoms with Gasteiger partial charge in [0.1, 0.15) is 0 Å². The highest BCUT2D eigenvalue weighted by molar-refractivity contribution is 5.32. The molecule has 0 saturated carbocycles. The molecule has 0 aliphatic carbocycles. The van der Waals surface area contributed by atoms with Crippen molar-refractivity contribution in [2.45, 2.75) is 53.9 Å². The topological polar surface area (TPSA) is 0 Å². The lowest BCUT2D eigenvalue weighted by molar-refractivity contribution is 0.728. The van der Waals surface area contributed by atoms with Crippen LogP contribution in [0.15, 0.2) is 18.2 Å². The van der Waals surface area contributed by atoms with Gasteiger partial charge in [0, 0.05) is 0 Å². The Balaban J connectivity index is 0.000000791. The lowest BCUT2D eigenvalue weighted by atomic mass is 9.93. The summed E-state index contributed by atoms with van der Waals surface area (Å²) in [6.45, 7) is 12.9. The minimum Gasteiger partial charge on any atom is -0.0683 e. The SMILES string of the molecule is CC.CCC(C)c1ccc(C)cc1C. The lowest BCUT2D eigenvalue weighted by Gasteiger charge is -2.12. The molecule has 1 aromatic rings. The van der Waals surface area contributed by atoms with Crippen molar-refractivity contribution >= 4 is 0 Å². The van der Waals surface area contributed by atoms with Crippen LogP contribution in [0.25, 0.3) is 0 Å². The number of rotatable bonds is 2. The number of aryl methyl sites for hydroxylation is 2. The van der Waals surface area contributed by atoms with Gasteiger partial charge in [-0.05, 0) is 37.3 Å². The predicted octanol–water partition coefficient (Wildman–Crippen LogP) is 4.84. The number of hydrogen-bond acceptors (Lipinski definition) is 0. The zero-order valence-corrected chi connectivity index (χ0v) is 10.5. The first-order valence-corrected chi connectivity index (χ1v) is 5.72. The summed E-state index contributed by atoms with van der Waals surface area (Å²) in [4.78, 5) is 0. The fraction of sp³-hybridized carbons (Fsp3) is 0.571. The van der Waals surface area contributed by atoms with Gasteiger partial charge in [0.2, 0.25) is 0 Å². The maximum absolute atomic E-state index is 2.29. The van der Waals surface area contributed by atoms with E-state index in [4.69, 9.17) is 0 Å². The van der Waals surface area contributed by atoms with Gasteiger partial charge in [-0.3, -0.25) is 0 Å². The second-order valence-corrected chi connectivity index (χ2v) is 3.67.